The van der Waals surface area contributed by atoms with Crippen LogP contribution in [0.15, 0.2) is 97.2 Å². The van der Waals surface area contributed by atoms with Gasteiger partial charge in [-0.15, -0.1) is 0 Å². The minimum Gasteiger partial charge on any atom is -0.462 e. The minimum absolute atomic E-state index is 0.0718. The highest BCUT2D eigenvalue weighted by molar-refractivity contribution is 5.71. The lowest BCUT2D eigenvalue weighted by atomic mass is 10.0. The Morgan fingerprint density at radius 2 is 0.470 bits per heavy atom. The molecule has 0 aliphatic rings. The van der Waals surface area contributed by atoms with Crippen LogP contribution in [0.25, 0.3) is 0 Å². The second-order valence-electron chi connectivity index (χ2n) is 23.8. The van der Waals surface area contributed by atoms with Gasteiger partial charge in [0.05, 0.1) is 0 Å². The summed E-state index contributed by atoms with van der Waals surface area (Å²) < 4.78 is 17.0. The molecular formula is C77H134O6. The van der Waals surface area contributed by atoms with Crippen molar-refractivity contribution in [3.05, 3.63) is 97.2 Å². The summed E-state index contributed by atoms with van der Waals surface area (Å²) in [4.78, 5) is 38.4. The largest absolute Gasteiger partial charge is 0.462 e. The van der Waals surface area contributed by atoms with Gasteiger partial charge in [0.2, 0.25) is 0 Å². The molecule has 0 heterocycles. The van der Waals surface area contributed by atoms with Gasteiger partial charge in [-0.25, -0.2) is 0 Å². The second kappa shape index (κ2) is 70.8. The molecule has 0 aliphatic carbocycles. The van der Waals surface area contributed by atoms with Gasteiger partial charge in [0, 0.05) is 19.3 Å². The summed E-state index contributed by atoms with van der Waals surface area (Å²) in [5.74, 6) is -0.856. The van der Waals surface area contributed by atoms with Gasteiger partial charge in [0.1, 0.15) is 13.2 Å². The number of hydrogen-bond acceptors (Lipinski definition) is 6. The van der Waals surface area contributed by atoms with E-state index < -0.39 is 6.10 Å². The molecule has 83 heavy (non-hydrogen) atoms. The maximum absolute atomic E-state index is 12.9. The van der Waals surface area contributed by atoms with Crippen LogP contribution in [0, 0.1) is 0 Å². The quantitative estimate of drug-likeness (QED) is 0.0261. The van der Waals surface area contributed by atoms with E-state index >= 15 is 0 Å². The van der Waals surface area contributed by atoms with Gasteiger partial charge >= 0.3 is 17.9 Å². The third-order valence-corrected chi connectivity index (χ3v) is 15.6. The van der Waals surface area contributed by atoms with Crippen molar-refractivity contribution < 1.29 is 28.6 Å². The van der Waals surface area contributed by atoms with Gasteiger partial charge in [-0.2, -0.15) is 0 Å². The number of hydrogen-bond donors (Lipinski definition) is 0. The standard InChI is InChI=1S/C77H134O6/c1-4-7-10-13-16-19-22-25-28-29-30-31-32-33-34-35-36-37-38-39-40-41-42-43-44-45-46-47-50-52-55-58-61-64-67-70-76(79)82-73-74(83-77(80)71-68-65-62-59-56-53-49-27-24-21-18-15-12-9-6-3)72-81-75(78)69-66-63-60-57-54-51-48-26-23-20-17-14-11-8-5-2/h7,10,16,19,25,28,30-31,33-34,36-37,39-40,42-43,74H,4-6,8-9,11-15,17-18,20-24,26-27,29,32,35,38,41,44-73H2,1-3H3/b10-7-,19-16-,28-25-,31-30-,34-33-,37-36-,40-39-,43-42-. The molecule has 0 saturated heterocycles. The van der Waals surface area contributed by atoms with Gasteiger partial charge in [0.25, 0.3) is 0 Å². The molecule has 0 rings (SSSR count). The van der Waals surface area contributed by atoms with E-state index in [9.17, 15) is 14.4 Å². The molecule has 0 aliphatic heterocycles. The molecule has 0 radical (unpaired) electrons. The van der Waals surface area contributed by atoms with E-state index in [1.54, 1.807) is 0 Å². The predicted molar refractivity (Wildman–Crippen MR) is 362 cm³/mol. The molecule has 6 nitrogen and oxygen atoms in total. The van der Waals surface area contributed by atoms with Crippen LogP contribution in [-0.4, -0.2) is 37.2 Å². The first-order chi connectivity index (χ1) is 41.0. The smallest absolute Gasteiger partial charge is 0.306 e. The SMILES string of the molecule is CC/C=C\C/C=C\C/C=C\C/C=C\C/C=C\C/C=C\C/C=C\C/C=C\CCCCCCCCCCCCC(=O)OCC(COC(=O)CCCCCCCCCCCCCCCCC)OC(=O)CCCCCCCCCCCCCCCCC. The van der Waals surface area contributed by atoms with Crippen LogP contribution in [-0.2, 0) is 28.6 Å². The van der Waals surface area contributed by atoms with Crippen LogP contribution in [0.2, 0.25) is 0 Å². The normalized spacial score (nSPS) is 12.7. The molecule has 0 amide bonds. The predicted octanol–water partition coefficient (Wildman–Crippen LogP) is 24.8. The third-order valence-electron chi connectivity index (χ3n) is 15.6. The van der Waals surface area contributed by atoms with E-state index in [0.29, 0.717) is 19.3 Å². The van der Waals surface area contributed by atoms with Crippen molar-refractivity contribution in [2.75, 3.05) is 13.2 Å². The second-order valence-corrected chi connectivity index (χ2v) is 23.8. The fourth-order valence-corrected chi connectivity index (χ4v) is 10.3. The van der Waals surface area contributed by atoms with Crippen molar-refractivity contribution in [3.8, 4) is 0 Å². The molecule has 0 aromatic carbocycles. The Hall–Kier alpha value is -3.67. The summed E-state index contributed by atoms with van der Waals surface area (Å²) in [6.45, 7) is 6.57. The Kier molecular flexibility index (Phi) is 67.7. The van der Waals surface area contributed by atoms with E-state index in [4.69, 9.17) is 14.2 Å². The summed E-state index contributed by atoms with van der Waals surface area (Å²) >= 11 is 0. The summed E-state index contributed by atoms with van der Waals surface area (Å²) in [7, 11) is 0. The molecule has 0 aromatic heterocycles. The first-order valence-electron chi connectivity index (χ1n) is 35.7. The molecule has 1 atom stereocenters. The number of esters is 3. The fourth-order valence-electron chi connectivity index (χ4n) is 10.3. The molecule has 478 valence electrons. The van der Waals surface area contributed by atoms with Crippen LogP contribution in [0.5, 0.6) is 0 Å². The minimum atomic E-state index is -0.776. The van der Waals surface area contributed by atoms with Crippen LogP contribution in [0.4, 0.5) is 0 Å². The Bertz CT molecular complexity index is 1610. The molecule has 0 aromatic rings. The van der Waals surface area contributed by atoms with E-state index in [0.717, 1.165) is 109 Å². The molecule has 0 saturated carbocycles. The topological polar surface area (TPSA) is 78.9 Å². The third kappa shape index (κ3) is 69.0. The van der Waals surface area contributed by atoms with Crippen LogP contribution in [0.3, 0.4) is 0 Å². The van der Waals surface area contributed by atoms with Crippen LogP contribution in [0.1, 0.15) is 355 Å². The van der Waals surface area contributed by atoms with E-state index in [1.807, 2.05) is 0 Å². The van der Waals surface area contributed by atoms with Gasteiger partial charge in [-0.3, -0.25) is 14.4 Å². The number of rotatable bonds is 65. The Labute approximate surface area is 515 Å². The van der Waals surface area contributed by atoms with Crippen LogP contribution < -0.4 is 0 Å². The van der Waals surface area contributed by atoms with Gasteiger partial charge in [-0.1, -0.05) is 349 Å². The molecule has 0 spiro atoms. The summed E-state index contributed by atoms with van der Waals surface area (Å²) in [6.07, 6.45) is 95.7. The number of ether oxygens (including phenoxy) is 3. The highest BCUT2D eigenvalue weighted by Gasteiger charge is 2.19. The number of carbonyl (C=O) groups is 3. The average Bonchev–Trinajstić information content (AvgIpc) is 3.49. The lowest BCUT2D eigenvalue weighted by Gasteiger charge is -2.18. The van der Waals surface area contributed by atoms with Crippen molar-refractivity contribution in [1.82, 2.24) is 0 Å². The zero-order valence-electron chi connectivity index (χ0n) is 54.9. The number of allylic oxidation sites excluding steroid dienone is 16. The maximum atomic E-state index is 12.9. The summed E-state index contributed by atoms with van der Waals surface area (Å²) in [6, 6.07) is 0. The number of unbranched alkanes of at least 4 members (excludes halogenated alkanes) is 38. The lowest BCUT2D eigenvalue weighted by Crippen LogP contribution is -2.30. The average molecular weight is 1160 g/mol. The van der Waals surface area contributed by atoms with Gasteiger partial charge in [-0.05, 0) is 83.5 Å². The molecule has 0 fully saturated rings. The van der Waals surface area contributed by atoms with Gasteiger partial charge in [0.15, 0.2) is 6.10 Å². The Balaban J connectivity index is 4.21. The molecule has 0 bridgehead atoms. The monoisotopic (exact) mass is 1160 g/mol. The highest BCUT2D eigenvalue weighted by Crippen LogP contribution is 2.18. The first kappa shape index (κ1) is 79.3. The maximum Gasteiger partial charge on any atom is 0.306 e. The van der Waals surface area contributed by atoms with Gasteiger partial charge < -0.3 is 14.2 Å². The van der Waals surface area contributed by atoms with E-state index in [-0.39, 0.29) is 31.1 Å². The molecular weight excluding hydrogens is 1020 g/mol. The summed E-state index contributed by atoms with van der Waals surface area (Å²) in [5, 5.41) is 0. The Morgan fingerprint density at radius 3 is 0.735 bits per heavy atom. The first-order valence-corrected chi connectivity index (χ1v) is 35.7. The Morgan fingerprint density at radius 1 is 0.253 bits per heavy atom. The van der Waals surface area contributed by atoms with E-state index in [1.165, 1.54) is 205 Å². The van der Waals surface area contributed by atoms with Crippen LogP contribution >= 0.6 is 0 Å². The summed E-state index contributed by atoms with van der Waals surface area (Å²) in [5.41, 5.74) is 0. The number of carbonyl (C=O) groups excluding carboxylic acids is 3. The zero-order valence-corrected chi connectivity index (χ0v) is 54.9. The van der Waals surface area contributed by atoms with Crippen molar-refractivity contribution in [2.45, 2.75) is 361 Å². The molecule has 1 unspecified atom stereocenters. The highest BCUT2D eigenvalue weighted by atomic mass is 16.6. The lowest BCUT2D eigenvalue weighted by molar-refractivity contribution is -0.167. The zero-order chi connectivity index (χ0) is 59.9. The molecule has 0 N–H and O–H groups in total. The van der Waals surface area contributed by atoms with Crippen molar-refractivity contribution in [3.63, 3.8) is 0 Å². The van der Waals surface area contributed by atoms with E-state index in [2.05, 4.69) is 118 Å². The van der Waals surface area contributed by atoms with Crippen molar-refractivity contribution in [2.24, 2.45) is 0 Å². The fraction of sp³-hybridized carbons (Fsp3) is 0.753. The van der Waals surface area contributed by atoms with Crippen molar-refractivity contribution >= 4 is 17.9 Å². The van der Waals surface area contributed by atoms with Crippen molar-refractivity contribution in [1.29, 1.82) is 0 Å². The molecule has 6 heteroatoms.